The minimum absolute atomic E-state index is 0.221. The predicted molar refractivity (Wildman–Crippen MR) is 156 cm³/mol. The molecule has 5 rings (SSSR count). The van der Waals surface area contributed by atoms with Crippen LogP contribution in [0.1, 0.15) is 86.4 Å². The van der Waals surface area contributed by atoms with Crippen molar-refractivity contribution in [2.45, 2.75) is 67.2 Å². The van der Waals surface area contributed by atoms with Gasteiger partial charge in [-0.15, -0.1) is 0 Å². The van der Waals surface area contributed by atoms with Gasteiger partial charge in [-0.05, 0) is 116 Å². The first kappa shape index (κ1) is 25.7. The monoisotopic (exact) mass is 508 g/mol. The molecule has 0 saturated heterocycles. The molecular weight excluding hydrogens is 472 g/mol. The van der Waals surface area contributed by atoms with E-state index in [0.29, 0.717) is 12.8 Å². The molecule has 3 aromatic rings. The molecule has 8 bridgehead atoms. The SMILES string of the molecule is CCC1=C(C)c2cc3[nH]c(cc4[nH]c(cc5nc(cc1n2)C(CCC(=O)OC)=C5C)cc4C)c(CC)c3C. The van der Waals surface area contributed by atoms with E-state index in [1.54, 1.807) is 0 Å². The highest BCUT2D eigenvalue weighted by atomic mass is 16.5. The van der Waals surface area contributed by atoms with Crippen LogP contribution in [0.2, 0.25) is 0 Å². The number of hydrogen-bond donors (Lipinski definition) is 2. The number of aromatic nitrogens is 4. The van der Waals surface area contributed by atoms with Gasteiger partial charge in [0.15, 0.2) is 0 Å². The number of nitrogens with zero attached hydrogens (tertiary/aromatic N) is 2. The molecule has 3 aromatic heterocycles. The Morgan fingerprint density at radius 3 is 2.13 bits per heavy atom. The Bertz CT molecular complexity index is 1680. The predicted octanol–water partition coefficient (Wildman–Crippen LogP) is 7.72. The van der Waals surface area contributed by atoms with E-state index in [1.165, 1.54) is 34.9 Å². The average Bonchev–Trinajstić information content (AvgIpc) is 3.57. The van der Waals surface area contributed by atoms with E-state index in [2.05, 4.69) is 81.8 Å². The molecule has 0 fully saturated rings. The number of rotatable bonds is 5. The lowest BCUT2D eigenvalue weighted by Gasteiger charge is -2.05. The number of allylic oxidation sites excluding steroid dienone is 4. The zero-order valence-electron chi connectivity index (χ0n) is 23.4. The van der Waals surface area contributed by atoms with Gasteiger partial charge in [-0.3, -0.25) is 4.79 Å². The molecule has 6 heteroatoms. The number of carbonyl (C=O) groups excluding carboxylic acids is 1. The minimum atomic E-state index is -0.221. The van der Waals surface area contributed by atoms with Gasteiger partial charge in [-0.1, -0.05) is 13.8 Å². The van der Waals surface area contributed by atoms with Gasteiger partial charge < -0.3 is 14.7 Å². The van der Waals surface area contributed by atoms with Gasteiger partial charge in [0.1, 0.15) is 0 Å². The molecular formula is C32H36N4O2. The number of H-pyrrole nitrogens is 2. The third-order valence-electron chi connectivity index (χ3n) is 7.95. The Morgan fingerprint density at radius 2 is 1.45 bits per heavy atom. The van der Waals surface area contributed by atoms with Crippen LogP contribution in [0.5, 0.6) is 0 Å². The van der Waals surface area contributed by atoms with E-state index >= 15 is 0 Å². The molecule has 2 aliphatic rings. The van der Waals surface area contributed by atoms with Gasteiger partial charge in [0.25, 0.3) is 0 Å². The highest BCUT2D eigenvalue weighted by Gasteiger charge is 2.21. The van der Waals surface area contributed by atoms with Crippen molar-refractivity contribution >= 4 is 50.3 Å². The van der Waals surface area contributed by atoms with Crippen LogP contribution in [0.3, 0.4) is 0 Å². The van der Waals surface area contributed by atoms with Crippen LogP contribution in [0.4, 0.5) is 0 Å². The zero-order valence-corrected chi connectivity index (χ0v) is 23.4. The summed E-state index contributed by atoms with van der Waals surface area (Å²) in [5.41, 5.74) is 16.3. The molecule has 0 amide bonds. The Kier molecular flexibility index (Phi) is 6.82. The molecule has 0 saturated carbocycles. The minimum Gasteiger partial charge on any atom is -0.469 e. The van der Waals surface area contributed by atoms with Gasteiger partial charge in [-0.25, -0.2) is 9.97 Å². The van der Waals surface area contributed by atoms with Crippen LogP contribution in [0.15, 0.2) is 30.3 Å². The maximum Gasteiger partial charge on any atom is 0.305 e. The van der Waals surface area contributed by atoms with Crippen molar-refractivity contribution in [2.24, 2.45) is 0 Å². The number of methoxy groups -OCH3 is 1. The summed E-state index contributed by atoms with van der Waals surface area (Å²) in [6.07, 6.45) is 2.70. The average molecular weight is 509 g/mol. The van der Waals surface area contributed by atoms with Crippen LogP contribution in [0.25, 0.3) is 44.4 Å². The number of aromatic amines is 2. The Balaban J connectivity index is 1.87. The molecule has 6 nitrogen and oxygen atoms in total. The number of esters is 1. The fourth-order valence-electron chi connectivity index (χ4n) is 5.66. The zero-order chi connectivity index (χ0) is 27.1. The first-order chi connectivity index (χ1) is 18.2. The van der Waals surface area contributed by atoms with Crippen LogP contribution < -0.4 is 0 Å². The fourth-order valence-corrected chi connectivity index (χ4v) is 5.66. The first-order valence-electron chi connectivity index (χ1n) is 13.4. The number of fused-ring (bicyclic) bond motifs is 8. The summed E-state index contributed by atoms with van der Waals surface area (Å²) >= 11 is 0. The van der Waals surface area contributed by atoms with E-state index in [0.717, 1.165) is 68.8 Å². The third-order valence-corrected chi connectivity index (χ3v) is 7.95. The highest BCUT2D eigenvalue weighted by molar-refractivity contribution is 5.95. The van der Waals surface area contributed by atoms with Gasteiger partial charge in [0.05, 0.1) is 29.9 Å². The summed E-state index contributed by atoms with van der Waals surface area (Å²) in [5, 5.41) is 0. The third kappa shape index (κ3) is 4.49. The Labute approximate surface area is 223 Å². The summed E-state index contributed by atoms with van der Waals surface area (Å²) in [4.78, 5) is 29.4. The van der Waals surface area contributed by atoms with Gasteiger partial charge in [0, 0.05) is 28.5 Å². The lowest BCUT2D eigenvalue weighted by molar-refractivity contribution is -0.140. The molecule has 0 spiro atoms. The van der Waals surface area contributed by atoms with Gasteiger partial charge >= 0.3 is 5.97 Å². The number of aryl methyl sites for hydroxylation is 3. The van der Waals surface area contributed by atoms with Crippen molar-refractivity contribution in [3.8, 4) is 0 Å². The molecule has 0 radical (unpaired) electrons. The summed E-state index contributed by atoms with van der Waals surface area (Å²) < 4.78 is 4.92. The molecule has 0 unspecified atom stereocenters. The summed E-state index contributed by atoms with van der Waals surface area (Å²) in [5.74, 6) is -0.221. The smallest absolute Gasteiger partial charge is 0.305 e. The fraction of sp³-hybridized carbons (Fsp3) is 0.344. The van der Waals surface area contributed by atoms with Gasteiger partial charge in [0.2, 0.25) is 0 Å². The van der Waals surface area contributed by atoms with Crippen LogP contribution in [-0.4, -0.2) is 33.0 Å². The molecule has 0 aromatic carbocycles. The number of hydrogen-bond acceptors (Lipinski definition) is 4. The van der Waals surface area contributed by atoms with Crippen LogP contribution >= 0.6 is 0 Å². The van der Waals surface area contributed by atoms with E-state index in [1.807, 2.05) is 0 Å². The second kappa shape index (κ2) is 10.1. The lowest BCUT2D eigenvalue weighted by atomic mass is 9.99. The summed E-state index contributed by atoms with van der Waals surface area (Å²) in [6, 6.07) is 10.7. The first-order valence-corrected chi connectivity index (χ1v) is 13.4. The molecule has 196 valence electrons. The van der Waals surface area contributed by atoms with E-state index in [4.69, 9.17) is 14.7 Å². The van der Waals surface area contributed by atoms with Crippen molar-refractivity contribution in [3.63, 3.8) is 0 Å². The van der Waals surface area contributed by atoms with Crippen molar-refractivity contribution < 1.29 is 9.53 Å². The number of carbonyl (C=O) groups is 1. The highest BCUT2D eigenvalue weighted by Crippen LogP contribution is 2.37. The van der Waals surface area contributed by atoms with Crippen molar-refractivity contribution in [1.82, 2.24) is 19.9 Å². The topological polar surface area (TPSA) is 83.7 Å². The summed E-state index contributed by atoms with van der Waals surface area (Å²) in [6.45, 7) is 12.9. The van der Waals surface area contributed by atoms with Crippen molar-refractivity contribution in [1.29, 1.82) is 0 Å². The Hall–Kier alpha value is -3.93. The van der Waals surface area contributed by atoms with E-state index in [9.17, 15) is 4.79 Å². The normalized spacial score (nSPS) is 13.4. The van der Waals surface area contributed by atoms with E-state index in [-0.39, 0.29) is 5.97 Å². The van der Waals surface area contributed by atoms with Gasteiger partial charge in [-0.2, -0.15) is 0 Å². The standard InChI is InChI=1S/C32H36N4O2/c1-8-22-18(4)27-15-28-19(5)23(9-2)30(36-28)16-31-24(10-11-32(37)38-7)20(6)26(34-31)13-21-12-17(3)25(33-21)14-29(22)35-27/h12-16,33,35H,8-11H2,1-7H3. The van der Waals surface area contributed by atoms with E-state index < -0.39 is 0 Å². The molecule has 0 atom stereocenters. The van der Waals surface area contributed by atoms with Crippen molar-refractivity contribution in [2.75, 3.05) is 7.11 Å². The number of nitrogens with one attached hydrogen (secondary N) is 2. The Morgan fingerprint density at radius 1 is 0.763 bits per heavy atom. The quantitative estimate of drug-likeness (QED) is 0.346. The molecule has 0 aliphatic carbocycles. The van der Waals surface area contributed by atoms with Crippen LogP contribution in [0, 0.1) is 13.8 Å². The number of ether oxygens (including phenoxy) is 1. The molecule has 2 aliphatic heterocycles. The second-order valence-corrected chi connectivity index (χ2v) is 10.2. The largest absolute Gasteiger partial charge is 0.469 e. The second-order valence-electron chi connectivity index (χ2n) is 10.2. The maximum absolute atomic E-state index is 12.0. The van der Waals surface area contributed by atoms with Crippen molar-refractivity contribution in [3.05, 3.63) is 69.8 Å². The lowest BCUT2D eigenvalue weighted by Crippen LogP contribution is -2.00. The molecule has 38 heavy (non-hydrogen) atoms. The maximum atomic E-state index is 12.0. The van der Waals surface area contributed by atoms with Crippen LogP contribution in [-0.2, 0) is 16.0 Å². The molecule has 5 heterocycles. The molecule has 2 N–H and O–H groups in total. The summed E-state index contributed by atoms with van der Waals surface area (Å²) in [7, 11) is 1.43.